The van der Waals surface area contributed by atoms with Crippen LogP contribution in [0.3, 0.4) is 0 Å². The monoisotopic (exact) mass is 261 g/mol. The third-order valence-corrected chi connectivity index (χ3v) is 3.27. The quantitative estimate of drug-likeness (QED) is 0.749. The molecule has 3 nitrogen and oxygen atoms in total. The van der Waals surface area contributed by atoms with Gasteiger partial charge in [0.25, 0.3) is 0 Å². The van der Waals surface area contributed by atoms with Crippen molar-refractivity contribution in [3.8, 4) is 0 Å². The highest BCUT2D eigenvalue weighted by atomic mass is 16.5. The van der Waals surface area contributed by atoms with Crippen molar-refractivity contribution in [2.75, 3.05) is 13.7 Å². The zero-order chi connectivity index (χ0) is 14.4. The Balaban J connectivity index is 3.19. The fourth-order valence-corrected chi connectivity index (χ4v) is 2.08. The van der Waals surface area contributed by atoms with Crippen molar-refractivity contribution < 1.29 is 9.53 Å². The van der Waals surface area contributed by atoms with E-state index in [2.05, 4.69) is 20.4 Å². The number of rotatable bonds is 5. The van der Waals surface area contributed by atoms with Crippen molar-refractivity contribution in [2.45, 2.75) is 26.8 Å². The maximum Gasteiger partial charge on any atom is 0.410 e. The Bertz CT molecular complexity index is 426. The number of amides is 1. The minimum absolute atomic E-state index is 0.140. The van der Waals surface area contributed by atoms with Gasteiger partial charge in [-0.1, -0.05) is 50.8 Å². The molecule has 19 heavy (non-hydrogen) atoms. The van der Waals surface area contributed by atoms with Crippen LogP contribution in [-0.4, -0.2) is 24.6 Å². The lowest BCUT2D eigenvalue weighted by molar-refractivity contribution is 0.112. The molecule has 0 aliphatic rings. The van der Waals surface area contributed by atoms with E-state index in [1.54, 1.807) is 4.90 Å². The van der Waals surface area contributed by atoms with E-state index in [0.717, 1.165) is 11.1 Å². The number of nitrogens with zero attached hydrogens (tertiary/aromatic N) is 1. The van der Waals surface area contributed by atoms with Crippen molar-refractivity contribution >= 4 is 6.09 Å². The fourth-order valence-electron chi connectivity index (χ4n) is 2.08. The zero-order valence-electron chi connectivity index (χ0n) is 12.2. The molecule has 0 fully saturated rings. The standard InChI is InChI=1S/C16H23NO2/c1-6-17(16(18)19-5)15(13(4)12(2)3)14-10-8-7-9-11-14/h7-12,15H,4,6H2,1-3,5H3. The Morgan fingerprint density at radius 2 is 1.89 bits per heavy atom. The first-order valence-electron chi connectivity index (χ1n) is 6.61. The third-order valence-electron chi connectivity index (χ3n) is 3.27. The molecular weight excluding hydrogens is 238 g/mol. The number of likely N-dealkylation sites (N-methyl/N-ethyl adjacent to an activating group) is 1. The third kappa shape index (κ3) is 3.60. The molecule has 1 rings (SSSR count). The van der Waals surface area contributed by atoms with Gasteiger partial charge in [-0.15, -0.1) is 0 Å². The number of ether oxygens (including phenoxy) is 1. The largest absolute Gasteiger partial charge is 0.453 e. The van der Waals surface area contributed by atoms with Gasteiger partial charge in [-0.2, -0.15) is 0 Å². The van der Waals surface area contributed by atoms with Crippen LogP contribution < -0.4 is 0 Å². The number of hydrogen-bond acceptors (Lipinski definition) is 2. The first-order valence-corrected chi connectivity index (χ1v) is 6.61. The Hall–Kier alpha value is -1.77. The molecule has 0 saturated carbocycles. The lowest BCUT2D eigenvalue weighted by Gasteiger charge is -2.33. The van der Waals surface area contributed by atoms with Gasteiger partial charge in [0.2, 0.25) is 0 Å². The molecule has 1 aromatic rings. The van der Waals surface area contributed by atoms with Gasteiger partial charge < -0.3 is 4.74 Å². The predicted octanol–water partition coefficient (Wildman–Crippen LogP) is 4.03. The topological polar surface area (TPSA) is 29.5 Å². The molecule has 0 heterocycles. The van der Waals surface area contributed by atoms with Crippen LogP contribution in [0.5, 0.6) is 0 Å². The highest BCUT2D eigenvalue weighted by molar-refractivity contribution is 5.68. The summed E-state index contributed by atoms with van der Waals surface area (Å²) in [5.41, 5.74) is 2.08. The maximum atomic E-state index is 11.9. The van der Waals surface area contributed by atoms with Crippen LogP contribution in [0, 0.1) is 5.92 Å². The highest BCUT2D eigenvalue weighted by Gasteiger charge is 2.27. The summed E-state index contributed by atoms with van der Waals surface area (Å²) in [5.74, 6) is 0.295. The van der Waals surface area contributed by atoms with Crippen molar-refractivity contribution in [1.82, 2.24) is 4.90 Å². The van der Waals surface area contributed by atoms with Crippen molar-refractivity contribution in [1.29, 1.82) is 0 Å². The van der Waals surface area contributed by atoms with Crippen LogP contribution in [0.4, 0.5) is 4.79 Å². The second-order valence-electron chi connectivity index (χ2n) is 4.80. The fraction of sp³-hybridized carbons (Fsp3) is 0.438. The molecule has 104 valence electrons. The van der Waals surface area contributed by atoms with Gasteiger partial charge in [0.15, 0.2) is 0 Å². The molecule has 1 aromatic carbocycles. The summed E-state index contributed by atoms with van der Waals surface area (Å²) >= 11 is 0. The first-order chi connectivity index (χ1) is 9.02. The molecule has 1 atom stereocenters. The molecule has 0 radical (unpaired) electrons. The Kier molecular flexibility index (Phi) is 5.61. The maximum absolute atomic E-state index is 11.9. The van der Waals surface area contributed by atoms with E-state index in [1.165, 1.54) is 7.11 Å². The molecule has 0 aliphatic heterocycles. The minimum Gasteiger partial charge on any atom is -0.453 e. The molecule has 1 amide bonds. The minimum atomic E-state index is -0.321. The SMILES string of the molecule is C=C(C(C)C)C(c1ccccc1)N(CC)C(=O)OC. The van der Waals surface area contributed by atoms with E-state index in [1.807, 2.05) is 37.3 Å². The first kappa shape index (κ1) is 15.3. The summed E-state index contributed by atoms with van der Waals surface area (Å²) < 4.78 is 4.88. The summed E-state index contributed by atoms with van der Waals surface area (Å²) in [5, 5.41) is 0. The van der Waals surface area contributed by atoms with E-state index >= 15 is 0 Å². The average Bonchev–Trinajstić information content (AvgIpc) is 2.43. The van der Waals surface area contributed by atoms with E-state index in [0.29, 0.717) is 12.5 Å². The number of benzene rings is 1. The van der Waals surface area contributed by atoms with Crippen molar-refractivity contribution in [2.24, 2.45) is 5.92 Å². The molecule has 0 aromatic heterocycles. The van der Waals surface area contributed by atoms with Crippen molar-refractivity contribution in [3.63, 3.8) is 0 Å². The molecule has 0 aliphatic carbocycles. The molecule has 0 saturated heterocycles. The van der Waals surface area contributed by atoms with E-state index in [9.17, 15) is 4.79 Å². The number of carbonyl (C=O) groups excluding carboxylic acids is 1. The van der Waals surface area contributed by atoms with Crippen LogP contribution >= 0.6 is 0 Å². The summed E-state index contributed by atoms with van der Waals surface area (Å²) in [6.07, 6.45) is -0.321. The lowest BCUT2D eigenvalue weighted by atomic mass is 9.91. The normalized spacial score (nSPS) is 12.1. The smallest absolute Gasteiger partial charge is 0.410 e. The molecule has 3 heteroatoms. The summed E-state index contributed by atoms with van der Waals surface area (Å²) in [4.78, 5) is 13.7. The number of carbonyl (C=O) groups is 1. The van der Waals surface area contributed by atoms with E-state index in [4.69, 9.17) is 4.74 Å². The summed E-state index contributed by atoms with van der Waals surface area (Å²) in [6, 6.07) is 9.81. The lowest BCUT2D eigenvalue weighted by Crippen LogP contribution is -2.36. The van der Waals surface area contributed by atoms with Crippen molar-refractivity contribution in [3.05, 3.63) is 48.0 Å². The van der Waals surface area contributed by atoms with Gasteiger partial charge in [-0.05, 0) is 24.0 Å². The van der Waals surface area contributed by atoms with E-state index < -0.39 is 0 Å². The van der Waals surface area contributed by atoms with Crippen LogP contribution in [0.1, 0.15) is 32.4 Å². The summed E-state index contributed by atoms with van der Waals surface area (Å²) in [6.45, 7) is 10.9. The Morgan fingerprint density at radius 3 is 2.32 bits per heavy atom. The second-order valence-corrected chi connectivity index (χ2v) is 4.80. The van der Waals surface area contributed by atoms with Crippen LogP contribution in [0.15, 0.2) is 42.5 Å². The molecule has 0 bridgehead atoms. The summed E-state index contributed by atoms with van der Waals surface area (Å²) in [7, 11) is 1.41. The van der Waals surface area contributed by atoms with Gasteiger partial charge in [0, 0.05) is 6.54 Å². The van der Waals surface area contributed by atoms with Gasteiger partial charge in [0.05, 0.1) is 13.2 Å². The zero-order valence-corrected chi connectivity index (χ0v) is 12.2. The second kappa shape index (κ2) is 6.98. The predicted molar refractivity (Wildman–Crippen MR) is 77.9 cm³/mol. The van der Waals surface area contributed by atoms with Crippen LogP contribution in [0.25, 0.3) is 0 Å². The van der Waals surface area contributed by atoms with Gasteiger partial charge in [0.1, 0.15) is 0 Å². The molecule has 0 N–H and O–H groups in total. The van der Waals surface area contributed by atoms with E-state index in [-0.39, 0.29) is 12.1 Å². The Morgan fingerprint density at radius 1 is 1.32 bits per heavy atom. The van der Waals surface area contributed by atoms with Gasteiger partial charge in [-0.3, -0.25) is 4.90 Å². The van der Waals surface area contributed by atoms with Gasteiger partial charge >= 0.3 is 6.09 Å². The molecule has 0 spiro atoms. The van der Waals surface area contributed by atoms with Crippen LogP contribution in [0.2, 0.25) is 0 Å². The average molecular weight is 261 g/mol. The van der Waals surface area contributed by atoms with Crippen LogP contribution in [-0.2, 0) is 4.74 Å². The Labute approximate surface area is 115 Å². The number of methoxy groups -OCH3 is 1. The van der Waals surface area contributed by atoms with Gasteiger partial charge in [-0.25, -0.2) is 4.79 Å². The molecule has 1 unspecified atom stereocenters. The molecular formula is C16H23NO2. The number of hydrogen-bond donors (Lipinski definition) is 0. The highest BCUT2D eigenvalue weighted by Crippen LogP contribution is 2.32.